The van der Waals surface area contributed by atoms with Gasteiger partial charge in [-0.15, -0.1) is 24.8 Å². The van der Waals surface area contributed by atoms with Crippen molar-refractivity contribution in [2.45, 2.75) is 146 Å². The molecule has 0 fully saturated rings. The van der Waals surface area contributed by atoms with Gasteiger partial charge in [0.2, 0.25) is 0 Å². The van der Waals surface area contributed by atoms with Crippen molar-refractivity contribution in [3.8, 4) is 0 Å². The fourth-order valence-corrected chi connectivity index (χ4v) is 4.06. The molecule has 0 saturated heterocycles. The van der Waals surface area contributed by atoms with Crippen molar-refractivity contribution in [1.82, 2.24) is 0 Å². The van der Waals surface area contributed by atoms with Crippen LogP contribution in [0.2, 0.25) is 3.67 Å². The van der Waals surface area contributed by atoms with Crippen LogP contribution in [-0.4, -0.2) is 51.2 Å². The summed E-state index contributed by atoms with van der Waals surface area (Å²) in [7, 11) is -4.67. The summed E-state index contributed by atoms with van der Waals surface area (Å²) in [5.74, 6) is 1.07. The van der Waals surface area contributed by atoms with Crippen molar-refractivity contribution < 1.29 is 17.5 Å². The van der Waals surface area contributed by atoms with Crippen LogP contribution < -0.4 is 0 Å². The van der Waals surface area contributed by atoms with Gasteiger partial charge in [0.15, 0.2) is 0 Å². The summed E-state index contributed by atoms with van der Waals surface area (Å²) in [6.45, 7) is 4.56. The topological polar surface area (TPSA) is 74.6 Å². The third-order valence-electron chi connectivity index (χ3n) is 5.22. The maximum absolute atomic E-state index is 8.74. The zero-order valence-corrected chi connectivity index (χ0v) is 27.3. The maximum atomic E-state index is 8.74. The molecule has 0 aromatic heterocycles. The zero-order valence-electron chi connectivity index (χ0n) is 21.9. The first-order chi connectivity index (χ1) is 14.8. The van der Waals surface area contributed by atoms with Gasteiger partial charge in [-0.1, -0.05) is 64.7 Å². The van der Waals surface area contributed by atoms with Gasteiger partial charge in [-0.3, -0.25) is 9.11 Å². The molecule has 0 aliphatic carbocycles. The molecule has 0 rings (SSSR count). The third-order valence-corrected chi connectivity index (χ3v) is 6.24. The number of thiol groups is 1. The van der Waals surface area contributed by atoms with Crippen molar-refractivity contribution in [2.24, 2.45) is 0 Å². The Morgan fingerprint density at radius 1 is 0.545 bits per heavy atom. The first-order valence-corrected chi connectivity index (χ1v) is 16.6. The van der Waals surface area contributed by atoms with E-state index in [0.29, 0.717) is 0 Å². The normalized spacial score (nSPS) is 10.2. The molecule has 0 heterocycles. The van der Waals surface area contributed by atoms with E-state index in [2.05, 4.69) is 26.5 Å². The SMILES string of the molecule is CCCCCCCCCCCCS.CCCCCCCCCCC[CH2][Na].Cl.Cl.O=S(=O)(O)O. The smallest absolute Gasteiger partial charge is 0.264 e. The van der Waals surface area contributed by atoms with Crippen molar-refractivity contribution in [3.05, 3.63) is 0 Å². The van der Waals surface area contributed by atoms with E-state index in [4.69, 9.17) is 17.5 Å². The van der Waals surface area contributed by atoms with Crippen LogP contribution in [0.1, 0.15) is 142 Å². The van der Waals surface area contributed by atoms with Crippen LogP contribution in [0.25, 0.3) is 0 Å². The second kappa shape index (κ2) is 40.9. The van der Waals surface area contributed by atoms with E-state index in [1.807, 2.05) is 0 Å². The van der Waals surface area contributed by atoms with Crippen molar-refractivity contribution in [1.29, 1.82) is 0 Å². The molecule has 33 heavy (non-hydrogen) atoms. The largest absolute Gasteiger partial charge is 0.394 e. The van der Waals surface area contributed by atoms with Gasteiger partial charge < -0.3 is 0 Å². The fourth-order valence-electron chi connectivity index (χ4n) is 3.34. The molecule has 2 N–H and O–H groups in total. The minimum atomic E-state index is -4.67. The Kier molecular flexibility index (Phi) is 55.6. The van der Waals surface area contributed by atoms with Crippen LogP contribution in [0.15, 0.2) is 0 Å². The van der Waals surface area contributed by atoms with E-state index in [9.17, 15) is 0 Å². The summed E-state index contributed by atoms with van der Waals surface area (Å²) in [5, 5.41) is 0. The molecule has 202 valence electrons. The van der Waals surface area contributed by atoms with Crippen LogP contribution in [0.4, 0.5) is 0 Å². The molecule has 0 saturated carbocycles. The van der Waals surface area contributed by atoms with Crippen molar-refractivity contribution >= 4 is 75.8 Å². The van der Waals surface area contributed by atoms with E-state index in [1.54, 1.807) is 0 Å². The maximum Gasteiger partial charge on any atom is 0.394 e. The molecule has 0 aliphatic rings. The van der Waals surface area contributed by atoms with Gasteiger partial charge in [0.1, 0.15) is 0 Å². The Hall–Kier alpha value is 1.80. The number of unbranched alkanes of at least 4 members (excludes halogenated alkanes) is 18. The Bertz CT molecular complexity index is 354. The van der Waals surface area contributed by atoms with Crippen LogP contribution in [0.3, 0.4) is 0 Å². The summed E-state index contributed by atoms with van der Waals surface area (Å²) in [4.78, 5) is 0. The van der Waals surface area contributed by atoms with Crippen LogP contribution in [0, 0.1) is 0 Å². The number of hydrogen-bond donors (Lipinski definition) is 3. The van der Waals surface area contributed by atoms with Gasteiger partial charge in [-0.2, -0.15) is 21.0 Å². The van der Waals surface area contributed by atoms with Gasteiger partial charge in [0.25, 0.3) is 0 Å². The predicted molar refractivity (Wildman–Crippen MR) is 157 cm³/mol. The predicted octanol–water partition coefficient (Wildman–Crippen LogP) is 9.52. The summed E-state index contributed by atoms with van der Waals surface area (Å²) >= 11 is 5.61. The molecule has 0 amide bonds. The van der Waals surface area contributed by atoms with E-state index >= 15 is 0 Å². The number of rotatable bonds is 20. The Morgan fingerprint density at radius 3 is 0.970 bits per heavy atom. The van der Waals surface area contributed by atoms with Crippen LogP contribution in [-0.2, 0) is 10.4 Å². The minimum Gasteiger partial charge on any atom is -0.264 e. The quantitative estimate of drug-likeness (QED) is 0.0595. The Balaban J connectivity index is -0.000000125. The van der Waals surface area contributed by atoms with Crippen molar-refractivity contribution in [3.63, 3.8) is 0 Å². The summed E-state index contributed by atoms with van der Waals surface area (Å²) in [5.41, 5.74) is 0. The molecule has 4 nitrogen and oxygen atoms in total. The molecule has 0 unspecified atom stereocenters. The number of halogens is 2. The molecule has 9 heteroatoms. The van der Waals surface area contributed by atoms with E-state index in [1.165, 1.54) is 160 Å². The molecular formula is C24H55Cl2NaO4S2. The van der Waals surface area contributed by atoms with E-state index < -0.39 is 10.4 Å². The first-order valence-electron chi connectivity index (χ1n) is 13.1. The Labute approximate surface area is 243 Å². The molecular weight excluding hydrogens is 510 g/mol. The Morgan fingerprint density at radius 2 is 0.758 bits per heavy atom. The van der Waals surface area contributed by atoms with Crippen molar-refractivity contribution in [2.75, 3.05) is 5.75 Å². The molecule has 0 aromatic rings. The summed E-state index contributed by atoms with van der Waals surface area (Å²) in [6, 6.07) is 0. The molecule has 0 bridgehead atoms. The second-order valence-corrected chi connectivity index (χ2v) is 10.9. The standard InChI is InChI=1S/C12H26S.C12H25.2ClH.Na.H2O4S/c1-2-3-4-5-6-7-8-9-10-11-12-13;1-3-5-7-9-11-12-10-8-6-4-2;;;;1-5(2,3)4/h13H,2-12H2,1H3;1,3-12H2,2H3;2*1H;;(H2,1,2,3,4). The molecule has 0 aromatic carbocycles. The van der Waals surface area contributed by atoms with Gasteiger partial charge in [-0.25, -0.2) is 0 Å². The second-order valence-electron chi connectivity index (χ2n) is 8.54. The molecule has 0 spiro atoms. The minimum absolute atomic E-state index is 0. The van der Waals surface area contributed by atoms with Gasteiger partial charge in [0.05, 0.1) is 0 Å². The molecule has 0 aliphatic heterocycles. The molecule has 0 radical (unpaired) electrons. The summed E-state index contributed by atoms with van der Waals surface area (Å²) < 4.78 is 33.1. The van der Waals surface area contributed by atoms with Gasteiger partial charge >= 0.3 is 113 Å². The van der Waals surface area contributed by atoms with Crippen LogP contribution >= 0.6 is 37.4 Å². The zero-order chi connectivity index (χ0) is 24.1. The number of hydrogen-bond acceptors (Lipinski definition) is 3. The fraction of sp³-hybridized carbons (Fsp3) is 1.00. The first kappa shape index (κ1) is 44.8. The average Bonchev–Trinajstić information content (AvgIpc) is 2.71. The van der Waals surface area contributed by atoms with Crippen LogP contribution in [0.5, 0.6) is 0 Å². The van der Waals surface area contributed by atoms with Gasteiger partial charge in [-0.05, 0) is 12.2 Å². The van der Waals surface area contributed by atoms with Gasteiger partial charge in [0, 0.05) is 0 Å². The third kappa shape index (κ3) is 71.9. The molecule has 0 atom stereocenters. The monoisotopic (exact) mass is 564 g/mol. The average molecular weight is 566 g/mol. The van der Waals surface area contributed by atoms with E-state index in [-0.39, 0.29) is 24.8 Å². The van der Waals surface area contributed by atoms with E-state index in [0.717, 1.165) is 5.75 Å². The summed E-state index contributed by atoms with van der Waals surface area (Å²) in [6.07, 6.45) is 28.9.